The second-order valence-corrected chi connectivity index (χ2v) is 8.65. The molecule has 9 heteroatoms. The quantitative estimate of drug-likeness (QED) is 0.416. The number of ether oxygens (including phenoxy) is 1. The molecule has 1 atom stereocenters. The van der Waals surface area contributed by atoms with E-state index >= 15 is 0 Å². The molecule has 1 aliphatic rings. The van der Waals surface area contributed by atoms with E-state index in [0.29, 0.717) is 22.4 Å². The Labute approximate surface area is 204 Å². The molecule has 178 valence electrons. The largest absolute Gasteiger partial charge is 0.482 e. The maximum Gasteiger partial charge on any atom is 0.166 e. The van der Waals surface area contributed by atoms with Crippen LogP contribution in [0, 0.1) is 5.82 Å². The molecule has 0 aliphatic carbocycles. The van der Waals surface area contributed by atoms with E-state index in [-0.39, 0.29) is 10.8 Å². The molecule has 2 N–H and O–H groups in total. The Morgan fingerprint density at radius 3 is 2.55 bits per heavy atom. The van der Waals surface area contributed by atoms with Gasteiger partial charge in [0.05, 0.1) is 17.3 Å². The van der Waals surface area contributed by atoms with Gasteiger partial charge in [0.25, 0.3) is 0 Å². The molecule has 6 nitrogen and oxygen atoms in total. The lowest BCUT2D eigenvalue weighted by Gasteiger charge is -2.28. The second-order valence-electron chi connectivity index (χ2n) is 7.87. The molecule has 0 radical (unpaired) electrons. The number of aromatic nitrogens is 3. The fourth-order valence-corrected chi connectivity index (χ4v) is 4.50. The van der Waals surface area contributed by atoms with Gasteiger partial charge in [-0.2, -0.15) is 5.10 Å². The molecule has 0 amide bonds. The van der Waals surface area contributed by atoms with Gasteiger partial charge in [-0.15, -0.1) is 0 Å². The third-order valence-corrected chi connectivity index (χ3v) is 6.38. The van der Waals surface area contributed by atoms with Crippen molar-refractivity contribution in [3.63, 3.8) is 0 Å². The molecule has 1 aromatic carbocycles. The number of nitrogen functional groups attached to an aromatic ring is 1. The van der Waals surface area contributed by atoms with Crippen LogP contribution in [0.2, 0.25) is 10.0 Å². The van der Waals surface area contributed by atoms with Crippen molar-refractivity contribution < 1.29 is 9.13 Å². The molecule has 2 aromatic heterocycles. The van der Waals surface area contributed by atoms with Crippen molar-refractivity contribution in [1.82, 2.24) is 19.7 Å². The van der Waals surface area contributed by atoms with Crippen LogP contribution in [-0.4, -0.2) is 39.8 Å². The Kier molecular flexibility index (Phi) is 8.57. The Balaban J connectivity index is 0.00000149. The van der Waals surface area contributed by atoms with Crippen LogP contribution >= 0.6 is 23.2 Å². The predicted molar refractivity (Wildman–Crippen MR) is 132 cm³/mol. The summed E-state index contributed by atoms with van der Waals surface area (Å²) in [5.74, 6) is 0.0353. The number of hydrogen-bond acceptors (Lipinski definition) is 5. The Morgan fingerprint density at radius 2 is 1.85 bits per heavy atom. The van der Waals surface area contributed by atoms with Crippen LogP contribution in [-0.2, 0) is 0 Å². The topological polar surface area (TPSA) is 69.2 Å². The van der Waals surface area contributed by atoms with Gasteiger partial charge in [0, 0.05) is 34.1 Å². The number of anilines is 1. The number of pyridine rings is 1. The molecule has 3 aromatic rings. The van der Waals surface area contributed by atoms with Gasteiger partial charge in [0.2, 0.25) is 0 Å². The van der Waals surface area contributed by atoms with Crippen molar-refractivity contribution in [1.29, 1.82) is 0 Å². The van der Waals surface area contributed by atoms with E-state index < -0.39 is 11.9 Å². The van der Waals surface area contributed by atoms with Gasteiger partial charge in [0.15, 0.2) is 11.6 Å². The van der Waals surface area contributed by atoms with Crippen molar-refractivity contribution in [3.05, 3.63) is 58.2 Å². The number of nitrogens with two attached hydrogens (primary N) is 1. The Hall–Kier alpha value is -2.35. The Morgan fingerprint density at radius 1 is 1.15 bits per heavy atom. The molecule has 4 rings (SSSR count). The SMILES string of the molecule is CC.C[C@@H](Oc1cc(-c2cnn(C3CCN(C)CC3)c2)cnc1N)c1c(Cl)ccc(F)c1Cl. The highest BCUT2D eigenvalue weighted by Crippen LogP contribution is 2.37. The third kappa shape index (κ3) is 5.78. The van der Waals surface area contributed by atoms with Gasteiger partial charge in [0.1, 0.15) is 11.9 Å². The van der Waals surface area contributed by atoms with E-state index in [2.05, 4.69) is 22.0 Å². The Bertz CT molecular complexity index is 1080. The second kappa shape index (κ2) is 11.2. The lowest BCUT2D eigenvalue weighted by Crippen LogP contribution is -2.31. The maximum absolute atomic E-state index is 13.9. The van der Waals surface area contributed by atoms with Gasteiger partial charge in [-0.05, 0) is 58.1 Å². The monoisotopic (exact) mass is 493 g/mol. The molecular formula is C24H30Cl2FN5O. The summed E-state index contributed by atoms with van der Waals surface area (Å²) in [7, 11) is 2.14. The van der Waals surface area contributed by atoms with Crippen LogP contribution < -0.4 is 10.5 Å². The van der Waals surface area contributed by atoms with Gasteiger partial charge in [-0.1, -0.05) is 37.0 Å². The number of halogens is 3. The van der Waals surface area contributed by atoms with Crippen LogP contribution in [0.1, 0.15) is 51.3 Å². The molecule has 0 spiro atoms. The number of rotatable bonds is 5. The minimum atomic E-state index is -0.628. The zero-order valence-electron chi connectivity index (χ0n) is 19.4. The van der Waals surface area contributed by atoms with Crippen molar-refractivity contribution in [2.45, 2.75) is 45.8 Å². The van der Waals surface area contributed by atoms with Crippen molar-refractivity contribution in [2.24, 2.45) is 0 Å². The van der Waals surface area contributed by atoms with Crippen molar-refractivity contribution in [3.8, 4) is 16.9 Å². The lowest BCUT2D eigenvalue weighted by atomic mass is 10.1. The van der Waals surface area contributed by atoms with E-state index in [0.717, 1.165) is 37.1 Å². The molecular weight excluding hydrogens is 464 g/mol. The van der Waals surface area contributed by atoms with Crippen molar-refractivity contribution >= 4 is 29.0 Å². The van der Waals surface area contributed by atoms with E-state index in [1.54, 1.807) is 19.2 Å². The summed E-state index contributed by atoms with van der Waals surface area (Å²) < 4.78 is 21.9. The molecule has 1 fully saturated rings. The highest BCUT2D eigenvalue weighted by molar-refractivity contribution is 6.36. The van der Waals surface area contributed by atoms with Crippen LogP contribution in [0.25, 0.3) is 11.1 Å². The lowest BCUT2D eigenvalue weighted by molar-refractivity contribution is 0.212. The smallest absolute Gasteiger partial charge is 0.166 e. The fourth-order valence-electron chi connectivity index (χ4n) is 3.82. The summed E-state index contributed by atoms with van der Waals surface area (Å²) in [5.41, 5.74) is 8.15. The first-order valence-corrected chi connectivity index (χ1v) is 11.9. The average Bonchev–Trinajstić information content (AvgIpc) is 3.30. The maximum atomic E-state index is 13.9. The summed E-state index contributed by atoms with van der Waals surface area (Å²) >= 11 is 12.3. The first kappa shape index (κ1) is 25.3. The highest BCUT2D eigenvalue weighted by atomic mass is 35.5. The number of piperidine rings is 1. The molecule has 3 heterocycles. The highest BCUT2D eigenvalue weighted by Gasteiger charge is 2.21. The van der Waals surface area contributed by atoms with Crippen LogP contribution in [0.15, 0.2) is 36.8 Å². The summed E-state index contributed by atoms with van der Waals surface area (Å²) in [4.78, 5) is 6.59. The number of benzene rings is 1. The summed E-state index contributed by atoms with van der Waals surface area (Å²) in [6, 6.07) is 4.86. The molecule has 1 aliphatic heterocycles. The average molecular weight is 494 g/mol. The van der Waals surface area contributed by atoms with E-state index in [1.165, 1.54) is 12.1 Å². The van der Waals surface area contributed by atoms with Crippen LogP contribution in [0.5, 0.6) is 5.75 Å². The number of likely N-dealkylation sites (tertiary alicyclic amines) is 1. The van der Waals surface area contributed by atoms with Gasteiger partial charge >= 0.3 is 0 Å². The van der Waals surface area contributed by atoms with Crippen LogP contribution in [0.3, 0.4) is 0 Å². The molecule has 0 bridgehead atoms. The zero-order chi connectivity index (χ0) is 24.1. The number of hydrogen-bond donors (Lipinski definition) is 1. The first-order chi connectivity index (χ1) is 15.8. The minimum absolute atomic E-state index is 0.0675. The van der Waals surface area contributed by atoms with E-state index in [1.807, 2.05) is 30.9 Å². The molecule has 0 saturated carbocycles. The summed E-state index contributed by atoms with van der Waals surface area (Å²) in [5, 5.41) is 4.81. The van der Waals surface area contributed by atoms with Gasteiger partial charge in [-0.25, -0.2) is 9.37 Å². The van der Waals surface area contributed by atoms with Gasteiger partial charge < -0.3 is 15.4 Å². The fraction of sp³-hybridized carbons (Fsp3) is 0.417. The minimum Gasteiger partial charge on any atom is -0.482 e. The third-order valence-electron chi connectivity index (χ3n) is 5.67. The predicted octanol–water partition coefficient (Wildman–Crippen LogP) is 6.41. The van der Waals surface area contributed by atoms with Crippen LogP contribution in [0.4, 0.5) is 10.2 Å². The van der Waals surface area contributed by atoms with Gasteiger partial charge in [-0.3, -0.25) is 4.68 Å². The molecule has 1 saturated heterocycles. The zero-order valence-corrected chi connectivity index (χ0v) is 20.9. The number of nitrogens with zero attached hydrogens (tertiary/aromatic N) is 4. The van der Waals surface area contributed by atoms with E-state index in [4.69, 9.17) is 33.7 Å². The van der Waals surface area contributed by atoms with E-state index in [9.17, 15) is 4.39 Å². The summed E-state index contributed by atoms with van der Waals surface area (Å²) in [6.07, 6.45) is 7.04. The normalized spacial score (nSPS) is 15.6. The molecule has 33 heavy (non-hydrogen) atoms. The van der Waals surface area contributed by atoms with Crippen molar-refractivity contribution in [2.75, 3.05) is 25.9 Å². The molecule has 0 unspecified atom stereocenters. The summed E-state index contributed by atoms with van der Waals surface area (Å²) in [6.45, 7) is 7.85. The first-order valence-electron chi connectivity index (χ1n) is 11.1. The standard InChI is InChI=1S/C22H24Cl2FN5O.C2H6/c1-13(20-17(23)3-4-18(25)21(20)24)31-19-9-14(10-27-22(19)26)15-11-28-30(12-15)16-5-7-29(2)8-6-16;1-2/h3-4,9-13,16H,5-8H2,1-2H3,(H2,26,27);1-2H3/t13-;/m1./s1.